The first-order valence-corrected chi connectivity index (χ1v) is 26.8. The Hall–Kier alpha value is -3.42. The van der Waals surface area contributed by atoms with Crippen molar-refractivity contribution in [3.05, 3.63) is 59.8 Å². The lowest BCUT2D eigenvalue weighted by Gasteiger charge is -2.43. The van der Waals surface area contributed by atoms with E-state index in [-0.39, 0.29) is 67.7 Å². The summed E-state index contributed by atoms with van der Waals surface area (Å²) >= 11 is 0. The molecule has 4 N–H and O–H groups in total. The van der Waals surface area contributed by atoms with Crippen LogP contribution >= 0.6 is 0 Å². The highest BCUT2D eigenvalue weighted by atomic mass is 16.6. The Morgan fingerprint density at radius 3 is 2.30 bits per heavy atom. The van der Waals surface area contributed by atoms with E-state index in [0.717, 1.165) is 24.0 Å². The summed E-state index contributed by atoms with van der Waals surface area (Å²) in [4.78, 5) is 59.0. The number of aliphatic hydroxyl groups excluding tert-OH is 3. The van der Waals surface area contributed by atoms with Crippen molar-refractivity contribution in [3.63, 3.8) is 0 Å². The van der Waals surface area contributed by atoms with E-state index < -0.39 is 84.6 Å². The number of amides is 1. The fraction of sp³-hybridized carbons (Fsp3) is 0.754. The van der Waals surface area contributed by atoms with E-state index in [9.17, 15) is 39.6 Å². The average molecular weight is 1030 g/mol. The molecule has 4 rings (SSSR count). The maximum Gasteiger partial charge on any atom is 0.329 e. The molecule has 414 valence electrons. The summed E-state index contributed by atoms with van der Waals surface area (Å²) in [5.74, 6) is -7.16. The number of hydrogen-bond donors (Lipinski definition) is 4. The highest BCUT2D eigenvalue weighted by molar-refractivity contribution is 6.39. The zero-order valence-electron chi connectivity index (χ0n) is 45.6. The van der Waals surface area contributed by atoms with Crippen molar-refractivity contribution in [1.82, 2.24) is 4.90 Å². The first kappa shape index (κ1) is 62.1. The van der Waals surface area contributed by atoms with E-state index in [1.165, 1.54) is 12.0 Å². The maximum atomic E-state index is 14.6. The Balaban J connectivity index is 1.71. The van der Waals surface area contributed by atoms with Gasteiger partial charge in [-0.2, -0.15) is 0 Å². The summed E-state index contributed by atoms with van der Waals surface area (Å²) in [7, 11) is 4.72. The van der Waals surface area contributed by atoms with Crippen molar-refractivity contribution < 1.29 is 72.8 Å². The number of aliphatic hydroxyl groups is 4. The van der Waals surface area contributed by atoms with Gasteiger partial charge in [0.2, 0.25) is 5.79 Å². The van der Waals surface area contributed by atoms with E-state index in [1.807, 2.05) is 38.2 Å². The van der Waals surface area contributed by atoms with E-state index in [4.69, 9.17) is 33.2 Å². The number of rotatable bonds is 13. The van der Waals surface area contributed by atoms with Crippen molar-refractivity contribution in [2.45, 2.75) is 186 Å². The zero-order valence-corrected chi connectivity index (χ0v) is 45.6. The molecule has 1 unspecified atom stereocenters. The second-order valence-corrected chi connectivity index (χ2v) is 21.5. The summed E-state index contributed by atoms with van der Waals surface area (Å²) < 4.78 is 41.8. The van der Waals surface area contributed by atoms with Crippen LogP contribution in [-0.4, -0.2) is 164 Å². The number of fused-ring (bicyclic) bond motifs is 3. The lowest BCUT2D eigenvalue weighted by molar-refractivity contribution is -0.266. The summed E-state index contributed by atoms with van der Waals surface area (Å²) in [6.07, 6.45) is 11.8. The Kier molecular flexibility index (Phi) is 25.8. The van der Waals surface area contributed by atoms with Gasteiger partial charge in [-0.3, -0.25) is 14.4 Å². The molecule has 3 aliphatic heterocycles. The average Bonchev–Trinajstić information content (AvgIpc) is 3.37. The van der Waals surface area contributed by atoms with E-state index >= 15 is 0 Å². The van der Waals surface area contributed by atoms with Crippen LogP contribution in [0.2, 0.25) is 0 Å². The predicted octanol–water partition coefficient (Wildman–Crippen LogP) is 6.56. The van der Waals surface area contributed by atoms with Crippen molar-refractivity contribution in [1.29, 1.82) is 0 Å². The molecular weight excluding hydrogens is 939 g/mol. The second-order valence-electron chi connectivity index (χ2n) is 21.5. The number of Topliss-reactive ketones (excluding diaryl/α,β-unsaturated/α-hetero) is 2. The molecule has 16 nitrogen and oxygen atoms in total. The Morgan fingerprint density at radius 1 is 0.877 bits per heavy atom. The minimum absolute atomic E-state index is 0.0237. The van der Waals surface area contributed by atoms with Crippen LogP contribution in [0.15, 0.2) is 59.8 Å². The number of piperidine rings is 1. The first-order chi connectivity index (χ1) is 34.7. The number of esters is 1. The molecule has 3 fully saturated rings. The van der Waals surface area contributed by atoms with Crippen LogP contribution in [0.3, 0.4) is 0 Å². The molecular formula is C57H91NO15. The van der Waals surface area contributed by atoms with Crippen LogP contribution in [0.4, 0.5) is 0 Å². The highest BCUT2D eigenvalue weighted by Gasteiger charge is 2.53. The molecule has 1 aliphatic carbocycles. The van der Waals surface area contributed by atoms with Gasteiger partial charge >= 0.3 is 5.97 Å². The number of cyclic esters (lactones) is 1. The number of nitrogens with zero attached hydrogens (tertiary/aromatic N) is 1. The quantitative estimate of drug-likeness (QED) is 0.0665. The normalized spacial score (nSPS) is 37.8. The van der Waals surface area contributed by atoms with Gasteiger partial charge in [-0.15, -0.1) is 0 Å². The molecule has 0 spiro atoms. The summed E-state index contributed by atoms with van der Waals surface area (Å²) in [5.41, 5.74) is 2.14. The van der Waals surface area contributed by atoms with E-state index in [0.29, 0.717) is 70.2 Å². The van der Waals surface area contributed by atoms with E-state index in [1.54, 1.807) is 41.1 Å². The lowest BCUT2D eigenvalue weighted by atomic mass is 9.78. The number of carbonyl (C=O) groups is 4. The van der Waals surface area contributed by atoms with Crippen molar-refractivity contribution in [3.8, 4) is 0 Å². The number of allylic oxidation sites excluding steroid dienone is 6. The molecule has 0 aromatic rings. The zero-order chi connectivity index (χ0) is 54.0. The predicted molar refractivity (Wildman–Crippen MR) is 277 cm³/mol. The molecule has 16 heteroatoms. The third kappa shape index (κ3) is 17.8. The molecule has 4 aliphatic rings. The molecule has 2 bridgehead atoms. The topological polar surface area (TPSA) is 217 Å². The van der Waals surface area contributed by atoms with Crippen LogP contribution in [0, 0.1) is 35.5 Å². The van der Waals surface area contributed by atoms with Crippen molar-refractivity contribution in [2.75, 3.05) is 54.3 Å². The summed E-state index contributed by atoms with van der Waals surface area (Å²) in [5, 5.41) is 43.0. The molecule has 0 radical (unpaired) electrons. The van der Waals surface area contributed by atoms with Gasteiger partial charge in [-0.1, -0.05) is 77.7 Å². The standard InChI is InChI=1S/C57H91NO15/c1-35-17-13-12-14-18-36(2)49(70-26-25-67-9)31-45-22-20-41(7)57(66,73-45)54(63)55(64)58-24-16-15-19-46(58)56(65)72-50(39(5)29-43-21-23-48(51(30-43)68-10)71-34-44(60)33-59)32-47(61)38(4)28-40(6)52(62)53(69-11)42(8)37(3)27-35/h12-14,17-18,28,35,37-39,41,43-46,48-53,59-60,62,66H,8,15-16,19-27,29-34H2,1-7,9-11H3/b14-12+,17-13+,36-18+,40-28+/t35-,37-,38-,39-,41-,43+,44+,45+,46+,48-,49?,50+,51-,52-,53+,57-/m1/s1. The van der Waals surface area contributed by atoms with Gasteiger partial charge < -0.3 is 58.5 Å². The monoisotopic (exact) mass is 1030 g/mol. The molecule has 1 amide bonds. The van der Waals surface area contributed by atoms with Crippen molar-refractivity contribution >= 4 is 23.4 Å². The number of ketones is 2. The van der Waals surface area contributed by atoms with Crippen LogP contribution in [-0.2, 0) is 52.3 Å². The van der Waals surface area contributed by atoms with Gasteiger partial charge in [-0.05, 0) is 118 Å². The van der Waals surface area contributed by atoms with Gasteiger partial charge in [-0.25, -0.2) is 4.79 Å². The summed E-state index contributed by atoms with van der Waals surface area (Å²) in [6.45, 7) is 17.8. The fourth-order valence-corrected chi connectivity index (χ4v) is 10.9. The second kappa shape index (κ2) is 30.4. The van der Waals surface area contributed by atoms with Gasteiger partial charge in [0, 0.05) is 52.6 Å². The van der Waals surface area contributed by atoms with Crippen LogP contribution in [0.1, 0.15) is 126 Å². The minimum Gasteiger partial charge on any atom is -0.460 e. The largest absolute Gasteiger partial charge is 0.460 e. The van der Waals surface area contributed by atoms with Crippen LogP contribution in [0.5, 0.6) is 0 Å². The molecule has 0 aromatic carbocycles. The molecule has 2 saturated heterocycles. The third-order valence-electron chi connectivity index (χ3n) is 15.7. The van der Waals surface area contributed by atoms with Gasteiger partial charge in [0.25, 0.3) is 11.7 Å². The summed E-state index contributed by atoms with van der Waals surface area (Å²) in [6, 6.07) is -1.16. The fourth-order valence-electron chi connectivity index (χ4n) is 10.9. The number of hydrogen-bond acceptors (Lipinski definition) is 15. The highest BCUT2D eigenvalue weighted by Crippen LogP contribution is 2.38. The molecule has 16 atom stereocenters. The van der Waals surface area contributed by atoms with Crippen LogP contribution in [0.25, 0.3) is 0 Å². The number of carbonyl (C=O) groups excluding carboxylic acids is 4. The lowest BCUT2D eigenvalue weighted by Crippen LogP contribution is -2.61. The molecule has 0 aromatic heterocycles. The van der Waals surface area contributed by atoms with Crippen LogP contribution < -0.4 is 0 Å². The first-order valence-electron chi connectivity index (χ1n) is 26.8. The molecule has 1 saturated carbocycles. The van der Waals surface area contributed by atoms with E-state index in [2.05, 4.69) is 26.5 Å². The SMILES string of the molecule is C=C1[C@H](C)C[C@H](C)/C=C/C=C/C=C(\C)C(OCCOC)C[C@@H]2CC[C@@H](C)[C@@](O)(O2)C(=O)C(=O)N2CCCC[C@H]2C(=O)O[C@H]([C@H](C)C[C@@H]2CC[C@@H](OC[C@@H](O)CO)[C@H](OC)C2)CC(=O)[C@H](C)/C=C(\C)[C@@H](O)[C@H]1OC. The maximum absolute atomic E-state index is 14.6. The number of methoxy groups -OCH3 is 3. The Morgan fingerprint density at radius 2 is 1.62 bits per heavy atom. The Bertz CT molecular complexity index is 1910. The smallest absolute Gasteiger partial charge is 0.329 e. The van der Waals surface area contributed by atoms with Crippen molar-refractivity contribution in [2.24, 2.45) is 35.5 Å². The van der Waals surface area contributed by atoms with Gasteiger partial charge in [0.05, 0.1) is 50.8 Å². The molecule has 73 heavy (non-hydrogen) atoms. The Labute approximate surface area is 435 Å². The van der Waals surface area contributed by atoms with Gasteiger partial charge in [0.15, 0.2) is 0 Å². The number of ether oxygens (including phenoxy) is 7. The minimum atomic E-state index is -2.46. The molecule has 3 heterocycles. The van der Waals surface area contributed by atoms with Gasteiger partial charge in [0.1, 0.15) is 36.2 Å². The third-order valence-corrected chi connectivity index (χ3v) is 15.7.